The van der Waals surface area contributed by atoms with Crippen LogP contribution in [0.1, 0.15) is 5.69 Å². The Balaban J connectivity index is 1.97. The zero-order valence-corrected chi connectivity index (χ0v) is 10.4. The van der Waals surface area contributed by atoms with Crippen LogP contribution in [0, 0.1) is 11.3 Å². The van der Waals surface area contributed by atoms with Crippen molar-refractivity contribution in [2.45, 2.75) is 0 Å². The summed E-state index contributed by atoms with van der Waals surface area (Å²) in [6.45, 7) is 0.248. The van der Waals surface area contributed by atoms with E-state index in [9.17, 15) is 0 Å². The second-order valence-electron chi connectivity index (χ2n) is 4.47. The second-order valence-corrected chi connectivity index (χ2v) is 4.47. The minimum atomic E-state index is 0.248. The summed E-state index contributed by atoms with van der Waals surface area (Å²) in [5.41, 5.74) is 3.01. The first kappa shape index (κ1) is 10.9. The van der Waals surface area contributed by atoms with Gasteiger partial charge in [0.05, 0.1) is 0 Å². The molecule has 1 aromatic carbocycles. The maximum absolute atomic E-state index is 9.09. The third-order valence-electron chi connectivity index (χ3n) is 3.33. The summed E-state index contributed by atoms with van der Waals surface area (Å²) in [6.07, 6.45) is 1.81. The number of nitrogens with one attached hydrogen (secondary N) is 1. The molecule has 2 aromatic heterocycles. The minimum absolute atomic E-state index is 0.248. The molecule has 3 heterocycles. The van der Waals surface area contributed by atoms with Gasteiger partial charge in [-0.25, -0.2) is 4.98 Å². The molecule has 0 saturated carbocycles. The number of hydrogen-bond donors (Lipinski definition) is 1. The van der Waals surface area contributed by atoms with Crippen LogP contribution >= 0.6 is 0 Å². The van der Waals surface area contributed by atoms with E-state index in [4.69, 9.17) is 14.7 Å². The molecule has 0 aliphatic carbocycles. The largest absolute Gasteiger partial charge is 0.454 e. The maximum atomic E-state index is 9.09. The summed E-state index contributed by atoms with van der Waals surface area (Å²) >= 11 is 0. The molecule has 0 atom stereocenters. The normalized spacial score (nSPS) is 12.6. The molecule has 0 fully saturated rings. The van der Waals surface area contributed by atoms with Crippen molar-refractivity contribution in [3.8, 4) is 28.7 Å². The van der Waals surface area contributed by atoms with Gasteiger partial charge < -0.3 is 14.5 Å². The van der Waals surface area contributed by atoms with E-state index in [1.54, 1.807) is 6.07 Å². The predicted molar refractivity (Wildman–Crippen MR) is 72.4 cm³/mol. The second kappa shape index (κ2) is 4.00. The van der Waals surface area contributed by atoms with E-state index < -0.39 is 0 Å². The molecule has 3 aromatic rings. The number of aromatic amines is 1. The number of ether oxygens (including phenoxy) is 2. The van der Waals surface area contributed by atoms with Crippen LogP contribution in [-0.4, -0.2) is 16.8 Å². The van der Waals surface area contributed by atoms with Crippen LogP contribution in [0.3, 0.4) is 0 Å². The van der Waals surface area contributed by atoms with Gasteiger partial charge in [-0.1, -0.05) is 6.07 Å². The zero-order valence-electron chi connectivity index (χ0n) is 10.4. The number of nitrogens with zero attached hydrogens (tertiary/aromatic N) is 2. The van der Waals surface area contributed by atoms with E-state index in [0.29, 0.717) is 11.3 Å². The molecule has 0 saturated heterocycles. The van der Waals surface area contributed by atoms with Gasteiger partial charge in [0.1, 0.15) is 17.4 Å². The third kappa shape index (κ3) is 1.52. The van der Waals surface area contributed by atoms with Gasteiger partial charge in [0.15, 0.2) is 11.5 Å². The molecule has 0 amide bonds. The molecule has 96 valence electrons. The fourth-order valence-corrected chi connectivity index (χ4v) is 2.40. The summed E-state index contributed by atoms with van der Waals surface area (Å²) in [6, 6.07) is 11.6. The highest BCUT2D eigenvalue weighted by Gasteiger charge is 2.16. The van der Waals surface area contributed by atoms with Crippen LogP contribution in [0.15, 0.2) is 36.5 Å². The summed E-state index contributed by atoms with van der Waals surface area (Å²) < 4.78 is 10.7. The van der Waals surface area contributed by atoms with Crippen molar-refractivity contribution in [1.82, 2.24) is 9.97 Å². The quantitative estimate of drug-likeness (QED) is 0.732. The Kier molecular flexibility index (Phi) is 2.18. The molecule has 0 spiro atoms. The van der Waals surface area contributed by atoms with Crippen molar-refractivity contribution in [1.29, 1.82) is 5.26 Å². The minimum Gasteiger partial charge on any atom is -0.454 e. The first-order valence-corrected chi connectivity index (χ1v) is 6.13. The third-order valence-corrected chi connectivity index (χ3v) is 3.33. The van der Waals surface area contributed by atoms with Gasteiger partial charge in [0.25, 0.3) is 0 Å². The highest BCUT2D eigenvalue weighted by Crippen LogP contribution is 2.37. The smallest absolute Gasteiger partial charge is 0.231 e. The lowest BCUT2D eigenvalue weighted by Crippen LogP contribution is -1.92. The number of aromatic nitrogens is 2. The van der Waals surface area contributed by atoms with Crippen LogP contribution < -0.4 is 9.47 Å². The van der Waals surface area contributed by atoms with Gasteiger partial charge in [0.2, 0.25) is 6.79 Å². The summed E-state index contributed by atoms with van der Waals surface area (Å²) in [7, 11) is 0. The first-order valence-electron chi connectivity index (χ1n) is 6.13. The van der Waals surface area contributed by atoms with Gasteiger partial charge in [-0.3, -0.25) is 0 Å². The van der Waals surface area contributed by atoms with Gasteiger partial charge in [-0.05, 0) is 35.4 Å². The van der Waals surface area contributed by atoms with E-state index in [1.165, 1.54) is 0 Å². The van der Waals surface area contributed by atoms with Crippen LogP contribution in [0.2, 0.25) is 0 Å². The van der Waals surface area contributed by atoms with Crippen LogP contribution in [0.25, 0.3) is 22.2 Å². The van der Waals surface area contributed by atoms with Crippen molar-refractivity contribution in [2.75, 3.05) is 6.79 Å². The van der Waals surface area contributed by atoms with E-state index in [1.807, 2.05) is 30.5 Å². The molecule has 5 nitrogen and oxygen atoms in total. The molecular formula is C15H9N3O2. The molecule has 0 radical (unpaired) electrons. The molecule has 1 aliphatic rings. The first-order chi connectivity index (χ1) is 9.85. The standard InChI is InChI=1S/C15H9N3O2/c16-7-10-6-12(11-3-4-17-15(11)18-10)9-1-2-13-14(5-9)20-8-19-13/h1-6H,8H2,(H,17,18). The van der Waals surface area contributed by atoms with E-state index in [0.717, 1.165) is 28.0 Å². The lowest BCUT2D eigenvalue weighted by atomic mass is 10.0. The van der Waals surface area contributed by atoms with Gasteiger partial charge >= 0.3 is 0 Å². The Bertz CT molecular complexity index is 861. The fourth-order valence-electron chi connectivity index (χ4n) is 2.40. The van der Waals surface area contributed by atoms with Crippen molar-refractivity contribution in [3.05, 3.63) is 42.2 Å². The molecular weight excluding hydrogens is 254 g/mol. The Morgan fingerprint density at radius 1 is 1.15 bits per heavy atom. The molecule has 0 unspecified atom stereocenters. The molecule has 4 rings (SSSR count). The lowest BCUT2D eigenvalue weighted by molar-refractivity contribution is 0.174. The van der Waals surface area contributed by atoms with Crippen LogP contribution in [-0.2, 0) is 0 Å². The number of fused-ring (bicyclic) bond motifs is 2. The Labute approximate surface area is 114 Å². The average molecular weight is 263 g/mol. The van der Waals surface area contributed by atoms with Crippen molar-refractivity contribution < 1.29 is 9.47 Å². The number of rotatable bonds is 1. The maximum Gasteiger partial charge on any atom is 0.231 e. The van der Waals surface area contributed by atoms with Crippen molar-refractivity contribution in [3.63, 3.8) is 0 Å². The summed E-state index contributed by atoms with van der Waals surface area (Å²) in [5, 5.41) is 10.1. The highest BCUT2D eigenvalue weighted by atomic mass is 16.7. The molecule has 1 N–H and O–H groups in total. The average Bonchev–Trinajstić information content (AvgIpc) is 3.13. The summed E-state index contributed by atoms with van der Waals surface area (Å²) in [4.78, 5) is 7.28. The molecule has 1 aliphatic heterocycles. The molecule has 5 heteroatoms. The van der Waals surface area contributed by atoms with E-state index in [2.05, 4.69) is 16.0 Å². The molecule has 0 bridgehead atoms. The van der Waals surface area contributed by atoms with Gasteiger partial charge in [-0.15, -0.1) is 0 Å². The SMILES string of the molecule is N#Cc1cc(-c2ccc3c(c2)OCO3)c2cc[nH]c2n1. The fraction of sp³-hybridized carbons (Fsp3) is 0.0667. The van der Waals surface area contributed by atoms with Crippen LogP contribution in [0.5, 0.6) is 11.5 Å². The Morgan fingerprint density at radius 3 is 2.95 bits per heavy atom. The number of pyridine rings is 1. The monoisotopic (exact) mass is 263 g/mol. The molecule has 20 heavy (non-hydrogen) atoms. The number of H-pyrrole nitrogens is 1. The van der Waals surface area contributed by atoms with Gasteiger partial charge in [0, 0.05) is 11.6 Å². The Hall–Kier alpha value is -3.00. The highest BCUT2D eigenvalue weighted by molar-refractivity contribution is 5.94. The van der Waals surface area contributed by atoms with Crippen LogP contribution in [0.4, 0.5) is 0 Å². The zero-order chi connectivity index (χ0) is 13.5. The van der Waals surface area contributed by atoms with Crippen molar-refractivity contribution in [2.24, 2.45) is 0 Å². The number of nitriles is 1. The topological polar surface area (TPSA) is 70.9 Å². The number of hydrogen-bond acceptors (Lipinski definition) is 4. The number of benzene rings is 1. The predicted octanol–water partition coefficient (Wildman–Crippen LogP) is 2.83. The lowest BCUT2D eigenvalue weighted by Gasteiger charge is -2.05. The Morgan fingerprint density at radius 2 is 2.05 bits per heavy atom. The van der Waals surface area contributed by atoms with E-state index in [-0.39, 0.29) is 6.79 Å². The van der Waals surface area contributed by atoms with Crippen molar-refractivity contribution >= 4 is 11.0 Å². The van der Waals surface area contributed by atoms with E-state index >= 15 is 0 Å². The van der Waals surface area contributed by atoms with Gasteiger partial charge in [-0.2, -0.15) is 5.26 Å². The summed E-state index contributed by atoms with van der Waals surface area (Å²) in [5.74, 6) is 1.47.